The number of rotatable bonds is 3. The maximum atomic E-state index is 13.2. The minimum atomic E-state index is -0.0329. The molecule has 1 aromatic carbocycles. The van der Waals surface area contributed by atoms with Gasteiger partial charge in [0.1, 0.15) is 10.7 Å². The van der Waals surface area contributed by atoms with E-state index in [0.717, 1.165) is 20.8 Å². The first-order valence-electron chi connectivity index (χ1n) is 7.69. The van der Waals surface area contributed by atoms with Gasteiger partial charge in [-0.3, -0.25) is 9.36 Å². The summed E-state index contributed by atoms with van der Waals surface area (Å²) in [5, 5.41) is 13.8. The minimum absolute atomic E-state index is 0.0329. The number of nitrogens with zero attached hydrogens (tertiary/aromatic N) is 3. The zero-order chi connectivity index (χ0) is 17.4. The lowest BCUT2D eigenvalue weighted by atomic mass is 10.1. The van der Waals surface area contributed by atoms with E-state index in [4.69, 9.17) is 5.26 Å². The van der Waals surface area contributed by atoms with Crippen molar-refractivity contribution in [3.8, 4) is 16.5 Å². The van der Waals surface area contributed by atoms with Crippen LogP contribution in [0, 0.1) is 18.3 Å². The van der Waals surface area contributed by atoms with Gasteiger partial charge in [-0.15, -0.1) is 22.7 Å². The lowest BCUT2D eigenvalue weighted by Gasteiger charge is -2.10. The van der Waals surface area contributed by atoms with Crippen LogP contribution in [0.2, 0.25) is 0 Å². The van der Waals surface area contributed by atoms with Crippen molar-refractivity contribution < 1.29 is 0 Å². The van der Waals surface area contributed by atoms with Crippen LogP contribution in [-0.4, -0.2) is 9.55 Å². The van der Waals surface area contributed by atoms with Crippen molar-refractivity contribution in [3.63, 3.8) is 0 Å². The fourth-order valence-electron chi connectivity index (χ4n) is 2.85. The first-order valence-corrected chi connectivity index (χ1v) is 9.45. The molecule has 0 aliphatic heterocycles. The molecule has 0 fully saturated rings. The second-order valence-corrected chi connectivity index (χ2v) is 7.48. The van der Waals surface area contributed by atoms with Crippen molar-refractivity contribution in [2.24, 2.45) is 0 Å². The summed E-state index contributed by atoms with van der Waals surface area (Å²) in [5.41, 5.74) is 2.42. The van der Waals surface area contributed by atoms with E-state index >= 15 is 0 Å². The number of thiophene rings is 2. The van der Waals surface area contributed by atoms with Gasteiger partial charge in [0.2, 0.25) is 0 Å². The van der Waals surface area contributed by atoms with Crippen LogP contribution in [0.5, 0.6) is 0 Å². The highest BCUT2D eigenvalue weighted by Gasteiger charge is 2.16. The van der Waals surface area contributed by atoms with Gasteiger partial charge in [-0.2, -0.15) is 5.26 Å². The van der Waals surface area contributed by atoms with Gasteiger partial charge in [0.25, 0.3) is 5.56 Å². The van der Waals surface area contributed by atoms with Crippen LogP contribution in [0.4, 0.5) is 0 Å². The van der Waals surface area contributed by atoms with Gasteiger partial charge in [-0.05, 0) is 36.1 Å². The summed E-state index contributed by atoms with van der Waals surface area (Å²) in [6.45, 7) is 2.25. The SMILES string of the molecule is Cc1nc2scc(-c3cccs3)c2c(=O)n1Cc1cccc(C#N)c1. The molecule has 0 N–H and O–H groups in total. The third-order valence-electron chi connectivity index (χ3n) is 4.07. The molecule has 0 saturated carbocycles. The third-order valence-corrected chi connectivity index (χ3v) is 5.84. The second-order valence-electron chi connectivity index (χ2n) is 5.67. The number of aryl methyl sites for hydroxylation is 1. The van der Waals surface area contributed by atoms with Gasteiger partial charge in [0.15, 0.2) is 0 Å². The van der Waals surface area contributed by atoms with Gasteiger partial charge in [0, 0.05) is 15.8 Å². The van der Waals surface area contributed by atoms with Crippen molar-refractivity contribution >= 4 is 32.9 Å². The van der Waals surface area contributed by atoms with Crippen LogP contribution in [0.1, 0.15) is 17.0 Å². The van der Waals surface area contributed by atoms with E-state index in [1.165, 1.54) is 11.3 Å². The summed E-state index contributed by atoms with van der Waals surface area (Å²) in [6, 6.07) is 13.5. The highest BCUT2D eigenvalue weighted by atomic mass is 32.1. The van der Waals surface area contributed by atoms with Crippen LogP contribution in [0.3, 0.4) is 0 Å². The van der Waals surface area contributed by atoms with E-state index in [0.29, 0.717) is 23.3 Å². The summed E-state index contributed by atoms with van der Waals surface area (Å²) in [6.07, 6.45) is 0. The molecule has 0 saturated heterocycles. The number of hydrogen-bond acceptors (Lipinski definition) is 5. The number of aromatic nitrogens is 2. The van der Waals surface area contributed by atoms with Crippen LogP contribution >= 0.6 is 22.7 Å². The molecule has 0 atom stereocenters. The van der Waals surface area contributed by atoms with E-state index in [-0.39, 0.29) is 5.56 Å². The van der Waals surface area contributed by atoms with Crippen molar-refractivity contribution in [1.82, 2.24) is 9.55 Å². The summed E-state index contributed by atoms with van der Waals surface area (Å²) in [5.74, 6) is 0.680. The Bertz CT molecular complexity index is 1160. The molecule has 0 aliphatic carbocycles. The molecule has 3 aromatic heterocycles. The molecule has 4 nitrogen and oxygen atoms in total. The van der Waals surface area contributed by atoms with Crippen molar-refractivity contribution in [1.29, 1.82) is 5.26 Å². The maximum absolute atomic E-state index is 13.2. The van der Waals surface area contributed by atoms with Gasteiger partial charge in [-0.25, -0.2) is 4.98 Å². The fraction of sp³-hybridized carbons (Fsp3) is 0.105. The van der Waals surface area contributed by atoms with Gasteiger partial charge in [-0.1, -0.05) is 18.2 Å². The van der Waals surface area contributed by atoms with E-state index in [9.17, 15) is 4.79 Å². The van der Waals surface area contributed by atoms with E-state index in [2.05, 4.69) is 11.1 Å². The largest absolute Gasteiger partial charge is 0.292 e. The molecule has 0 amide bonds. The quantitative estimate of drug-likeness (QED) is 0.541. The normalized spacial score (nSPS) is 10.9. The Hall–Kier alpha value is -2.75. The predicted octanol–water partition coefficient (Wildman–Crippen LogP) is 4.41. The monoisotopic (exact) mass is 363 g/mol. The first kappa shape index (κ1) is 15.8. The summed E-state index contributed by atoms with van der Waals surface area (Å²) >= 11 is 3.12. The molecule has 0 bridgehead atoms. The second kappa shape index (κ2) is 6.28. The lowest BCUT2D eigenvalue weighted by Crippen LogP contribution is -2.24. The number of benzene rings is 1. The molecule has 0 unspecified atom stereocenters. The lowest BCUT2D eigenvalue weighted by molar-refractivity contribution is 0.714. The number of fused-ring (bicyclic) bond motifs is 1. The Balaban J connectivity index is 1.88. The third kappa shape index (κ3) is 2.78. The van der Waals surface area contributed by atoms with Crippen LogP contribution in [0.15, 0.2) is 52.0 Å². The molecule has 122 valence electrons. The topological polar surface area (TPSA) is 58.7 Å². The van der Waals surface area contributed by atoms with Crippen molar-refractivity contribution in [2.45, 2.75) is 13.5 Å². The first-order chi connectivity index (χ1) is 12.2. The maximum Gasteiger partial charge on any atom is 0.263 e. The molecule has 6 heteroatoms. The molecule has 0 aliphatic rings. The Morgan fingerprint density at radius 2 is 2.12 bits per heavy atom. The average molecular weight is 363 g/mol. The standard InChI is InChI=1S/C19H13N3OS2/c1-12-21-18-17(15(11-25-18)16-6-3-7-24-16)19(23)22(12)10-14-5-2-4-13(8-14)9-20/h2-8,11H,10H2,1H3. The number of hydrogen-bond donors (Lipinski definition) is 0. The highest BCUT2D eigenvalue weighted by Crippen LogP contribution is 2.33. The molecule has 4 rings (SSSR count). The molecule has 4 aromatic rings. The van der Waals surface area contributed by atoms with Crippen LogP contribution in [-0.2, 0) is 6.54 Å². The van der Waals surface area contributed by atoms with Gasteiger partial charge in [0.05, 0.1) is 23.6 Å². The smallest absolute Gasteiger partial charge is 0.263 e. The summed E-state index contributed by atoms with van der Waals surface area (Å²) < 4.78 is 1.68. The Morgan fingerprint density at radius 1 is 1.24 bits per heavy atom. The van der Waals surface area contributed by atoms with E-state index in [1.54, 1.807) is 22.0 Å². The Labute approximate surface area is 152 Å². The zero-order valence-corrected chi connectivity index (χ0v) is 15.0. The molecule has 0 radical (unpaired) electrons. The molecule has 25 heavy (non-hydrogen) atoms. The Morgan fingerprint density at radius 3 is 2.88 bits per heavy atom. The van der Waals surface area contributed by atoms with Crippen molar-refractivity contribution in [3.05, 3.63) is 74.5 Å². The number of nitriles is 1. The average Bonchev–Trinajstić information content (AvgIpc) is 3.28. The predicted molar refractivity (Wildman–Crippen MR) is 102 cm³/mol. The highest BCUT2D eigenvalue weighted by molar-refractivity contribution is 7.18. The van der Waals surface area contributed by atoms with Crippen LogP contribution < -0.4 is 5.56 Å². The van der Waals surface area contributed by atoms with Crippen LogP contribution in [0.25, 0.3) is 20.7 Å². The van der Waals surface area contributed by atoms with E-state index in [1.807, 2.05) is 48.0 Å². The van der Waals surface area contributed by atoms with Gasteiger partial charge < -0.3 is 0 Å². The van der Waals surface area contributed by atoms with Gasteiger partial charge >= 0.3 is 0 Å². The zero-order valence-electron chi connectivity index (χ0n) is 13.4. The molecular weight excluding hydrogens is 350 g/mol. The molecular formula is C19H13N3OS2. The molecule has 0 spiro atoms. The van der Waals surface area contributed by atoms with Crippen molar-refractivity contribution in [2.75, 3.05) is 0 Å². The van der Waals surface area contributed by atoms with E-state index < -0.39 is 0 Å². The minimum Gasteiger partial charge on any atom is -0.292 e. The fourth-order valence-corrected chi connectivity index (χ4v) is 4.64. The summed E-state index contributed by atoms with van der Waals surface area (Å²) in [4.78, 5) is 19.6. The summed E-state index contributed by atoms with van der Waals surface area (Å²) in [7, 11) is 0. The Kier molecular flexibility index (Phi) is 3.96. The molecule has 3 heterocycles.